The van der Waals surface area contributed by atoms with Crippen LogP contribution in [0.3, 0.4) is 0 Å². The van der Waals surface area contributed by atoms with Crippen molar-refractivity contribution < 1.29 is 14.3 Å². The second-order valence-electron chi connectivity index (χ2n) is 8.60. The third kappa shape index (κ3) is 7.14. The summed E-state index contributed by atoms with van der Waals surface area (Å²) in [4.78, 5) is 13.4. The normalized spacial score (nSPS) is 11.3. The number of rotatable bonds is 11. The molecule has 0 heterocycles. The summed E-state index contributed by atoms with van der Waals surface area (Å²) in [7, 11) is 1.57. The van der Waals surface area contributed by atoms with Crippen molar-refractivity contribution in [2.24, 2.45) is 5.73 Å². The fourth-order valence-corrected chi connectivity index (χ4v) is 4.32. The van der Waals surface area contributed by atoms with Gasteiger partial charge in [0.15, 0.2) is 11.5 Å². The summed E-state index contributed by atoms with van der Waals surface area (Å²) >= 11 is 3.48. The molecule has 7 nitrogen and oxygen atoms in total. The van der Waals surface area contributed by atoms with Crippen LogP contribution in [0.25, 0.3) is 0 Å². The highest BCUT2D eigenvalue weighted by atomic mass is 79.9. The average molecular weight is 573 g/mol. The van der Waals surface area contributed by atoms with Crippen LogP contribution in [-0.4, -0.2) is 18.9 Å². The van der Waals surface area contributed by atoms with Crippen molar-refractivity contribution in [3.05, 3.63) is 124 Å². The van der Waals surface area contributed by atoms with Gasteiger partial charge in [0.25, 0.3) is 0 Å². The number of methoxy groups -OCH3 is 1. The smallest absolute Gasteiger partial charge is 0.247 e. The van der Waals surface area contributed by atoms with Crippen LogP contribution < -0.4 is 25.8 Å². The first kappa shape index (κ1) is 26.8. The van der Waals surface area contributed by atoms with Gasteiger partial charge in [0.05, 0.1) is 7.11 Å². The Balaban J connectivity index is 1.57. The number of carbonyl (C=O) groups excluding carboxylic acids is 1. The van der Waals surface area contributed by atoms with E-state index in [1.165, 1.54) is 0 Å². The summed E-state index contributed by atoms with van der Waals surface area (Å²) in [5, 5.41) is 13.9. The molecule has 194 valence electrons. The molecule has 1 amide bonds. The van der Waals surface area contributed by atoms with Gasteiger partial charge in [0, 0.05) is 22.3 Å². The second kappa shape index (κ2) is 12.8. The number of hydrogen-bond acceptors (Lipinski definition) is 5. The fraction of sp³-hybridized carbons (Fsp3) is 0.133. The van der Waals surface area contributed by atoms with Gasteiger partial charge in [-0.05, 0) is 65.2 Å². The topological polar surface area (TPSA) is 109 Å². The van der Waals surface area contributed by atoms with E-state index in [-0.39, 0.29) is 11.7 Å². The monoisotopic (exact) mass is 572 g/mol. The largest absolute Gasteiger partial charge is 0.493 e. The van der Waals surface area contributed by atoms with Gasteiger partial charge in [-0.15, -0.1) is 0 Å². The number of carbonyl (C=O) groups is 1. The lowest BCUT2D eigenvalue weighted by molar-refractivity contribution is -0.122. The molecule has 0 bridgehead atoms. The number of halogens is 1. The van der Waals surface area contributed by atoms with Crippen LogP contribution in [0, 0.1) is 5.41 Å². The molecule has 0 spiro atoms. The van der Waals surface area contributed by atoms with E-state index in [9.17, 15) is 4.79 Å². The van der Waals surface area contributed by atoms with Gasteiger partial charge in [0.2, 0.25) is 5.91 Å². The molecular weight excluding hydrogens is 544 g/mol. The number of nitrogens with one attached hydrogen (secondary N) is 3. The predicted molar refractivity (Wildman–Crippen MR) is 154 cm³/mol. The number of hydrogen-bond donors (Lipinski definition) is 4. The molecule has 0 fully saturated rings. The maximum atomic E-state index is 13.4. The molecule has 5 N–H and O–H groups in total. The standard InChI is InChI=1S/C30H29BrN4O3/c1-37-27-17-23(12-15-26(27)38-19-21-8-5-9-24(31)16-21)28(30(36)34-18-20-6-3-2-4-7-20)35-25-13-10-22(11-14-25)29(32)33/h2-17,28,35H,18-19H2,1H3,(H3,32,33)(H,34,36)/t28-/m0/s1. The van der Waals surface area contributed by atoms with Gasteiger partial charge < -0.3 is 25.8 Å². The molecule has 4 rings (SSSR count). The molecule has 4 aromatic rings. The highest BCUT2D eigenvalue weighted by Gasteiger charge is 2.22. The maximum Gasteiger partial charge on any atom is 0.247 e. The first-order chi connectivity index (χ1) is 18.4. The lowest BCUT2D eigenvalue weighted by Gasteiger charge is -2.22. The Morgan fingerprint density at radius 1 is 0.921 bits per heavy atom. The molecule has 0 aliphatic rings. The third-order valence-corrected chi connectivity index (χ3v) is 6.38. The number of nitrogen functional groups attached to an aromatic ring is 1. The number of amides is 1. The molecule has 0 aliphatic carbocycles. The minimum atomic E-state index is -0.713. The number of nitrogens with two attached hydrogens (primary N) is 1. The molecule has 0 aliphatic heterocycles. The molecule has 0 saturated heterocycles. The van der Waals surface area contributed by atoms with Crippen molar-refractivity contribution in [3.63, 3.8) is 0 Å². The molecule has 0 saturated carbocycles. The Hall–Kier alpha value is -4.30. The minimum Gasteiger partial charge on any atom is -0.493 e. The van der Waals surface area contributed by atoms with E-state index in [0.717, 1.165) is 15.6 Å². The van der Waals surface area contributed by atoms with Gasteiger partial charge in [-0.2, -0.15) is 0 Å². The zero-order valence-corrected chi connectivity index (χ0v) is 22.5. The Bertz CT molecular complexity index is 1390. The van der Waals surface area contributed by atoms with Gasteiger partial charge >= 0.3 is 0 Å². The summed E-state index contributed by atoms with van der Waals surface area (Å²) < 4.78 is 12.6. The molecule has 8 heteroatoms. The van der Waals surface area contributed by atoms with Crippen molar-refractivity contribution in [3.8, 4) is 11.5 Å². The summed E-state index contributed by atoms with van der Waals surface area (Å²) in [5.41, 5.74) is 9.62. The van der Waals surface area contributed by atoms with Crippen LogP contribution in [0.4, 0.5) is 5.69 Å². The molecule has 4 aromatic carbocycles. The van der Waals surface area contributed by atoms with Crippen LogP contribution in [0.15, 0.2) is 102 Å². The van der Waals surface area contributed by atoms with Crippen LogP contribution in [0.2, 0.25) is 0 Å². The van der Waals surface area contributed by atoms with E-state index >= 15 is 0 Å². The zero-order valence-electron chi connectivity index (χ0n) is 20.9. The molecule has 0 aromatic heterocycles. The lowest BCUT2D eigenvalue weighted by atomic mass is 10.0. The number of ether oxygens (including phenoxy) is 2. The predicted octanol–water partition coefficient (Wildman–Crippen LogP) is 5.79. The van der Waals surface area contributed by atoms with E-state index in [1.54, 1.807) is 37.4 Å². The van der Waals surface area contributed by atoms with E-state index in [2.05, 4.69) is 26.6 Å². The van der Waals surface area contributed by atoms with Crippen molar-refractivity contribution in [1.29, 1.82) is 5.41 Å². The Morgan fingerprint density at radius 3 is 2.34 bits per heavy atom. The summed E-state index contributed by atoms with van der Waals surface area (Å²) in [6.45, 7) is 0.767. The van der Waals surface area contributed by atoms with Crippen LogP contribution in [-0.2, 0) is 17.9 Å². The summed E-state index contributed by atoms with van der Waals surface area (Å²) in [6, 6.07) is 29.4. The van der Waals surface area contributed by atoms with E-state index in [1.807, 2.05) is 66.7 Å². The second-order valence-corrected chi connectivity index (χ2v) is 9.52. The number of benzene rings is 4. The number of amidine groups is 1. The van der Waals surface area contributed by atoms with Crippen molar-refractivity contribution in [1.82, 2.24) is 5.32 Å². The highest BCUT2D eigenvalue weighted by Crippen LogP contribution is 2.32. The van der Waals surface area contributed by atoms with Crippen molar-refractivity contribution in [2.45, 2.75) is 19.2 Å². The van der Waals surface area contributed by atoms with Gasteiger partial charge in [-0.25, -0.2) is 0 Å². The SMILES string of the molecule is COc1cc([C@H](Nc2ccc(C(=N)N)cc2)C(=O)NCc2ccccc2)ccc1OCc1cccc(Br)c1. The molecule has 38 heavy (non-hydrogen) atoms. The Kier molecular flexibility index (Phi) is 9.00. The van der Waals surface area contributed by atoms with E-state index in [4.69, 9.17) is 20.6 Å². The zero-order chi connectivity index (χ0) is 26.9. The van der Waals surface area contributed by atoms with Crippen molar-refractivity contribution in [2.75, 3.05) is 12.4 Å². The lowest BCUT2D eigenvalue weighted by Crippen LogP contribution is -2.33. The van der Waals surface area contributed by atoms with E-state index in [0.29, 0.717) is 41.5 Å². The average Bonchev–Trinajstić information content (AvgIpc) is 2.94. The quantitative estimate of drug-likeness (QED) is 0.134. The minimum absolute atomic E-state index is 0.0168. The molecule has 0 radical (unpaired) electrons. The van der Waals surface area contributed by atoms with Gasteiger partial charge in [-0.3, -0.25) is 10.2 Å². The van der Waals surface area contributed by atoms with Crippen LogP contribution >= 0.6 is 15.9 Å². The van der Waals surface area contributed by atoms with Gasteiger partial charge in [0.1, 0.15) is 18.5 Å². The summed E-state index contributed by atoms with van der Waals surface area (Å²) in [6.07, 6.45) is 0. The maximum absolute atomic E-state index is 13.4. The first-order valence-corrected chi connectivity index (χ1v) is 12.8. The Morgan fingerprint density at radius 2 is 1.66 bits per heavy atom. The third-order valence-electron chi connectivity index (χ3n) is 5.88. The first-order valence-electron chi connectivity index (χ1n) is 12.0. The van der Waals surface area contributed by atoms with E-state index < -0.39 is 6.04 Å². The highest BCUT2D eigenvalue weighted by molar-refractivity contribution is 9.10. The Labute approximate surface area is 230 Å². The fourth-order valence-electron chi connectivity index (χ4n) is 3.87. The number of anilines is 1. The van der Waals surface area contributed by atoms with Crippen LogP contribution in [0.1, 0.15) is 28.3 Å². The molecule has 1 atom stereocenters. The molecular formula is C30H29BrN4O3. The van der Waals surface area contributed by atoms with Gasteiger partial charge in [-0.1, -0.05) is 64.5 Å². The molecule has 0 unspecified atom stereocenters. The van der Waals surface area contributed by atoms with Crippen LogP contribution in [0.5, 0.6) is 11.5 Å². The van der Waals surface area contributed by atoms with Crippen molar-refractivity contribution >= 4 is 33.4 Å². The summed E-state index contributed by atoms with van der Waals surface area (Å²) in [5.74, 6) is 0.879.